The predicted octanol–water partition coefficient (Wildman–Crippen LogP) is 7.19. The van der Waals surface area contributed by atoms with Crippen LogP contribution in [-0.4, -0.2) is 17.6 Å². The number of halogens is 2. The Morgan fingerprint density at radius 1 is 1.22 bits per heavy atom. The van der Waals surface area contributed by atoms with Crippen LogP contribution in [0.5, 0.6) is 0 Å². The number of aryl methyl sites for hydroxylation is 2. The molecule has 0 radical (unpaired) electrons. The predicted molar refractivity (Wildman–Crippen MR) is 131 cm³/mol. The first kappa shape index (κ1) is 22.7. The zero-order chi connectivity index (χ0) is 23.0. The normalized spacial score (nSPS) is 13.6. The number of nitrogens with zero attached hydrogens (tertiary/aromatic N) is 2. The van der Waals surface area contributed by atoms with Crippen LogP contribution in [0, 0.1) is 25.2 Å². The number of allylic oxidation sites excluding steroid dienone is 1. The minimum atomic E-state index is -0.297. The quantitative estimate of drug-likeness (QED) is 0.290. The van der Waals surface area contributed by atoms with Crippen molar-refractivity contribution in [3.8, 4) is 11.1 Å². The Hall–Kier alpha value is -2.52. The molecule has 0 N–H and O–H groups in total. The Kier molecular flexibility index (Phi) is 6.48. The number of thiophene rings is 1. The van der Waals surface area contributed by atoms with Gasteiger partial charge in [-0.25, -0.2) is 4.79 Å². The zero-order valence-corrected chi connectivity index (χ0v) is 20.4. The molecule has 3 aromatic rings. The van der Waals surface area contributed by atoms with E-state index in [1.54, 1.807) is 29.5 Å². The summed E-state index contributed by atoms with van der Waals surface area (Å²) in [6.45, 7) is 4.00. The van der Waals surface area contributed by atoms with Crippen LogP contribution < -0.4 is 0 Å². The van der Waals surface area contributed by atoms with Crippen molar-refractivity contribution in [1.82, 2.24) is 4.57 Å². The van der Waals surface area contributed by atoms with Gasteiger partial charge >= 0.3 is 5.97 Å². The molecule has 0 spiro atoms. The summed E-state index contributed by atoms with van der Waals surface area (Å²) in [5.74, 6) is -0.297. The van der Waals surface area contributed by atoms with E-state index in [4.69, 9.17) is 27.9 Å². The van der Waals surface area contributed by atoms with Gasteiger partial charge in [0.15, 0.2) is 0 Å². The van der Waals surface area contributed by atoms with E-state index in [1.165, 1.54) is 12.0 Å². The number of rotatable bonds is 4. The number of hydrogen-bond donors (Lipinski definition) is 0. The van der Waals surface area contributed by atoms with Crippen molar-refractivity contribution in [3.05, 3.63) is 72.8 Å². The van der Waals surface area contributed by atoms with Crippen molar-refractivity contribution in [3.63, 3.8) is 0 Å². The average Bonchev–Trinajstić information content (AvgIpc) is 3.28. The third kappa shape index (κ3) is 3.99. The van der Waals surface area contributed by atoms with Gasteiger partial charge in [0.2, 0.25) is 0 Å². The lowest BCUT2D eigenvalue weighted by atomic mass is 9.95. The van der Waals surface area contributed by atoms with E-state index < -0.39 is 0 Å². The van der Waals surface area contributed by atoms with Crippen molar-refractivity contribution in [2.75, 3.05) is 7.11 Å². The SMILES string of the molecule is COC(=O)c1c(-n2c(C)cc(/C=C(/C#N)c3ccc(Cl)cc3Cl)c2C)sc2c1CCCC2. The van der Waals surface area contributed by atoms with Crippen molar-refractivity contribution >= 4 is 52.2 Å². The Morgan fingerprint density at radius 3 is 2.66 bits per heavy atom. The number of carbonyl (C=O) groups excluding carboxylic acids is 1. The fourth-order valence-electron chi connectivity index (χ4n) is 4.30. The fourth-order valence-corrected chi connectivity index (χ4v) is 6.30. The van der Waals surface area contributed by atoms with E-state index in [-0.39, 0.29) is 5.97 Å². The van der Waals surface area contributed by atoms with Gasteiger partial charge in [0, 0.05) is 26.9 Å². The van der Waals surface area contributed by atoms with E-state index in [0.717, 1.165) is 53.2 Å². The number of methoxy groups -OCH3 is 1. The van der Waals surface area contributed by atoms with Gasteiger partial charge in [0.25, 0.3) is 0 Å². The van der Waals surface area contributed by atoms with Crippen molar-refractivity contribution in [2.24, 2.45) is 0 Å². The minimum Gasteiger partial charge on any atom is -0.465 e. The lowest BCUT2D eigenvalue weighted by Crippen LogP contribution is -2.11. The molecule has 0 saturated carbocycles. The van der Waals surface area contributed by atoms with Gasteiger partial charge in [-0.05, 0) is 74.9 Å². The molecule has 4 rings (SSSR count). The van der Waals surface area contributed by atoms with Crippen LogP contribution in [0.4, 0.5) is 0 Å². The molecule has 0 bridgehead atoms. The Labute approximate surface area is 201 Å². The summed E-state index contributed by atoms with van der Waals surface area (Å²) in [6, 6.07) is 9.38. The van der Waals surface area contributed by atoms with Crippen LogP contribution in [0.3, 0.4) is 0 Å². The highest BCUT2D eigenvalue weighted by molar-refractivity contribution is 7.15. The molecule has 1 aromatic carbocycles. The van der Waals surface area contributed by atoms with E-state index in [9.17, 15) is 10.1 Å². The van der Waals surface area contributed by atoms with Crippen molar-refractivity contribution < 1.29 is 9.53 Å². The maximum Gasteiger partial charge on any atom is 0.341 e. The number of ether oxygens (including phenoxy) is 1. The molecule has 1 aliphatic rings. The average molecular weight is 485 g/mol. The van der Waals surface area contributed by atoms with Gasteiger partial charge in [-0.2, -0.15) is 5.26 Å². The second-order valence-electron chi connectivity index (χ2n) is 7.84. The van der Waals surface area contributed by atoms with Crippen molar-refractivity contribution in [2.45, 2.75) is 39.5 Å². The van der Waals surface area contributed by atoms with E-state index in [1.807, 2.05) is 26.0 Å². The first-order valence-electron chi connectivity index (χ1n) is 10.3. The molecule has 32 heavy (non-hydrogen) atoms. The van der Waals surface area contributed by atoms with Gasteiger partial charge in [-0.1, -0.05) is 29.3 Å². The van der Waals surface area contributed by atoms with Crippen LogP contribution >= 0.6 is 34.5 Å². The third-order valence-corrected chi connectivity index (χ3v) is 7.68. The van der Waals surface area contributed by atoms with Crippen LogP contribution in [-0.2, 0) is 17.6 Å². The number of fused-ring (bicyclic) bond motifs is 1. The number of carbonyl (C=O) groups is 1. The van der Waals surface area contributed by atoms with E-state index in [0.29, 0.717) is 26.7 Å². The van der Waals surface area contributed by atoms with Crippen LogP contribution in [0.1, 0.15) is 56.2 Å². The van der Waals surface area contributed by atoms with Crippen LogP contribution in [0.15, 0.2) is 24.3 Å². The first-order chi connectivity index (χ1) is 15.3. The summed E-state index contributed by atoms with van der Waals surface area (Å²) in [5.41, 5.74) is 5.70. The molecule has 0 atom stereocenters. The summed E-state index contributed by atoms with van der Waals surface area (Å²) in [4.78, 5) is 14.0. The zero-order valence-electron chi connectivity index (χ0n) is 18.1. The number of hydrogen-bond acceptors (Lipinski definition) is 4. The topological polar surface area (TPSA) is 55.0 Å². The molecule has 0 unspecified atom stereocenters. The number of esters is 1. The number of benzene rings is 1. The first-order valence-corrected chi connectivity index (χ1v) is 11.9. The molecule has 0 amide bonds. The lowest BCUT2D eigenvalue weighted by Gasteiger charge is -2.12. The van der Waals surface area contributed by atoms with Gasteiger partial charge in [0.1, 0.15) is 5.00 Å². The molecule has 0 saturated heterocycles. The smallest absolute Gasteiger partial charge is 0.341 e. The summed E-state index contributed by atoms with van der Waals surface area (Å²) >= 11 is 14.0. The molecule has 0 aliphatic heterocycles. The molecule has 164 valence electrons. The van der Waals surface area contributed by atoms with Gasteiger partial charge in [-0.3, -0.25) is 0 Å². The molecule has 1 aliphatic carbocycles. The highest BCUT2D eigenvalue weighted by Crippen LogP contribution is 2.39. The highest BCUT2D eigenvalue weighted by atomic mass is 35.5. The lowest BCUT2D eigenvalue weighted by molar-refractivity contribution is 0.0600. The molecular formula is C25H22Cl2N2O2S. The van der Waals surface area contributed by atoms with Gasteiger partial charge < -0.3 is 9.30 Å². The standard InChI is InChI=1S/C25H22Cl2N2O2S/c1-14-10-16(11-17(13-28)19-9-8-18(26)12-21(19)27)15(2)29(14)24-23(25(30)31-3)20-6-4-5-7-22(20)32-24/h8-12H,4-7H2,1-3H3/b17-11-. The molecule has 7 heteroatoms. The summed E-state index contributed by atoms with van der Waals surface area (Å²) < 4.78 is 7.24. The van der Waals surface area contributed by atoms with Crippen LogP contribution in [0.25, 0.3) is 16.7 Å². The fraction of sp³-hybridized carbons (Fsp3) is 0.280. The Morgan fingerprint density at radius 2 is 1.97 bits per heavy atom. The van der Waals surface area contributed by atoms with Gasteiger partial charge in [-0.15, -0.1) is 11.3 Å². The van der Waals surface area contributed by atoms with Crippen LogP contribution in [0.2, 0.25) is 10.0 Å². The molecular weight excluding hydrogens is 463 g/mol. The monoisotopic (exact) mass is 484 g/mol. The molecule has 4 nitrogen and oxygen atoms in total. The number of nitriles is 1. The summed E-state index contributed by atoms with van der Waals surface area (Å²) in [5, 5.41) is 11.6. The maximum absolute atomic E-state index is 12.7. The maximum atomic E-state index is 12.7. The minimum absolute atomic E-state index is 0.297. The van der Waals surface area contributed by atoms with E-state index >= 15 is 0 Å². The highest BCUT2D eigenvalue weighted by Gasteiger charge is 2.28. The second-order valence-corrected chi connectivity index (χ2v) is 9.77. The van der Waals surface area contributed by atoms with E-state index in [2.05, 4.69) is 10.6 Å². The molecule has 2 aromatic heterocycles. The van der Waals surface area contributed by atoms with Crippen molar-refractivity contribution in [1.29, 1.82) is 5.26 Å². The number of aromatic nitrogens is 1. The molecule has 0 fully saturated rings. The second kappa shape index (κ2) is 9.15. The third-order valence-electron chi connectivity index (χ3n) is 5.86. The summed E-state index contributed by atoms with van der Waals surface area (Å²) in [7, 11) is 1.43. The molecule has 2 heterocycles. The largest absolute Gasteiger partial charge is 0.465 e. The summed E-state index contributed by atoms with van der Waals surface area (Å²) in [6.07, 6.45) is 5.94. The Balaban J connectivity index is 1.86. The Bertz CT molecular complexity index is 1290. The van der Waals surface area contributed by atoms with Gasteiger partial charge in [0.05, 0.1) is 29.3 Å².